The SMILES string of the molecule is CCN1C(=O)N[C@@H](c2cccc([N+](=O)[O-])c2)C2=C1CN([C@H](CC(C)C)C(=O)NCC(C)C)C2=O. The first kappa shape index (κ1) is 25.2. The van der Waals surface area contributed by atoms with E-state index in [4.69, 9.17) is 0 Å². The van der Waals surface area contributed by atoms with E-state index in [0.717, 1.165) is 0 Å². The third kappa shape index (κ3) is 5.05. The van der Waals surface area contributed by atoms with Crippen molar-refractivity contribution in [3.8, 4) is 0 Å². The van der Waals surface area contributed by atoms with Crippen molar-refractivity contribution >= 4 is 23.5 Å². The number of non-ortho nitro benzene ring substituents is 1. The van der Waals surface area contributed by atoms with E-state index >= 15 is 0 Å². The Morgan fingerprint density at radius 3 is 2.53 bits per heavy atom. The minimum atomic E-state index is -0.832. The molecule has 0 saturated heterocycles. The van der Waals surface area contributed by atoms with E-state index in [9.17, 15) is 24.5 Å². The lowest BCUT2D eigenvalue weighted by Gasteiger charge is -2.32. The van der Waals surface area contributed by atoms with Gasteiger partial charge >= 0.3 is 6.03 Å². The molecule has 4 amide bonds. The lowest BCUT2D eigenvalue weighted by Crippen LogP contribution is -2.50. The highest BCUT2D eigenvalue weighted by atomic mass is 16.6. The second-order valence-electron chi connectivity index (χ2n) is 9.56. The molecule has 34 heavy (non-hydrogen) atoms. The summed E-state index contributed by atoms with van der Waals surface area (Å²) in [6, 6.07) is 4.02. The molecule has 2 N–H and O–H groups in total. The molecule has 2 heterocycles. The van der Waals surface area contributed by atoms with Crippen molar-refractivity contribution in [2.24, 2.45) is 11.8 Å². The van der Waals surface area contributed by atoms with Crippen LogP contribution in [0.5, 0.6) is 0 Å². The number of likely N-dealkylation sites (N-methyl/N-ethyl adjacent to an activating group) is 1. The maximum absolute atomic E-state index is 13.8. The number of nitro groups is 1. The fourth-order valence-electron chi connectivity index (χ4n) is 4.41. The summed E-state index contributed by atoms with van der Waals surface area (Å²) in [6.07, 6.45) is 0.477. The van der Waals surface area contributed by atoms with Gasteiger partial charge in [-0.05, 0) is 30.7 Å². The van der Waals surface area contributed by atoms with Crippen LogP contribution in [-0.2, 0) is 9.59 Å². The molecule has 0 spiro atoms. The molecular weight excluding hydrogens is 438 g/mol. The highest BCUT2D eigenvalue weighted by molar-refractivity contribution is 6.03. The van der Waals surface area contributed by atoms with E-state index in [-0.39, 0.29) is 41.9 Å². The molecule has 0 fully saturated rings. The molecule has 10 heteroatoms. The van der Waals surface area contributed by atoms with Crippen molar-refractivity contribution in [1.29, 1.82) is 0 Å². The van der Waals surface area contributed by atoms with Gasteiger partial charge in [0.1, 0.15) is 6.04 Å². The van der Waals surface area contributed by atoms with Gasteiger partial charge in [-0.15, -0.1) is 0 Å². The third-order valence-corrected chi connectivity index (χ3v) is 6.04. The van der Waals surface area contributed by atoms with Gasteiger partial charge in [0.2, 0.25) is 5.91 Å². The summed E-state index contributed by atoms with van der Waals surface area (Å²) >= 11 is 0. The van der Waals surface area contributed by atoms with E-state index in [1.807, 2.05) is 34.6 Å². The molecule has 2 aliphatic rings. The molecule has 2 atom stereocenters. The fourth-order valence-corrected chi connectivity index (χ4v) is 4.41. The average Bonchev–Trinajstić information content (AvgIpc) is 3.11. The molecule has 0 unspecified atom stereocenters. The largest absolute Gasteiger partial charge is 0.354 e. The normalized spacial score (nSPS) is 19.0. The number of benzene rings is 1. The van der Waals surface area contributed by atoms with Crippen molar-refractivity contribution in [2.45, 2.75) is 53.1 Å². The van der Waals surface area contributed by atoms with Crippen LogP contribution in [0.4, 0.5) is 10.5 Å². The predicted octanol–water partition coefficient (Wildman–Crippen LogP) is 2.96. The van der Waals surface area contributed by atoms with Crippen LogP contribution in [0.1, 0.15) is 52.6 Å². The van der Waals surface area contributed by atoms with Crippen LogP contribution in [-0.4, -0.2) is 58.2 Å². The summed E-state index contributed by atoms with van der Waals surface area (Å²) < 4.78 is 0. The van der Waals surface area contributed by atoms with Gasteiger partial charge in [0.05, 0.1) is 28.8 Å². The minimum Gasteiger partial charge on any atom is -0.354 e. The highest BCUT2D eigenvalue weighted by Gasteiger charge is 2.47. The molecule has 0 saturated carbocycles. The van der Waals surface area contributed by atoms with Crippen LogP contribution < -0.4 is 10.6 Å². The standard InChI is InChI=1S/C24H33N5O5/c1-6-27-19-13-28(18(10-14(2)3)22(30)25-12-15(4)5)23(31)20(19)21(26-24(27)32)16-8-7-9-17(11-16)29(33)34/h7-9,11,14-15,18,21H,6,10,12-13H2,1-5H3,(H,25,30)(H,26,32)/t18-,21+/m1/s1. The van der Waals surface area contributed by atoms with Gasteiger partial charge in [-0.1, -0.05) is 39.8 Å². The number of amides is 4. The van der Waals surface area contributed by atoms with Crippen molar-refractivity contribution in [1.82, 2.24) is 20.4 Å². The second-order valence-corrected chi connectivity index (χ2v) is 9.56. The molecule has 0 aliphatic carbocycles. The second kappa shape index (κ2) is 10.2. The quantitative estimate of drug-likeness (QED) is 0.423. The maximum atomic E-state index is 13.8. The Morgan fingerprint density at radius 1 is 1.24 bits per heavy atom. The molecule has 3 rings (SSSR count). The van der Waals surface area contributed by atoms with Crippen molar-refractivity contribution in [3.63, 3.8) is 0 Å². The zero-order valence-corrected chi connectivity index (χ0v) is 20.3. The van der Waals surface area contributed by atoms with Crippen LogP contribution in [0.3, 0.4) is 0 Å². The Balaban J connectivity index is 2.01. The number of urea groups is 1. The molecule has 2 aliphatic heterocycles. The zero-order chi connectivity index (χ0) is 25.2. The summed E-state index contributed by atoms with van der Waals surface area (Å²) in [5, 5.41) is 17.1. The molecule has 10 nitrogen and oxygen atoms in total. The van der Waals surface area contributed by atoms with Crippen LogP contribution >= 0.6 is 0 Å². The summed E-state index contributed by atoms with van der Waals surface area (Å²) in [5.74, 6) is -0.130. The molecule has 0 aromatic heterocycles. The van der Waals surface area contributed by atoms with Gasteiger partial charge in [0, 0.05) is 25.2 Å². The number of carbonyl (C=O) groups is 3. The van der Waals surface area contributed by atoms with Gasteiger partial charge in [0.25, 0.3) is 11.6 Å². The van der Waals surface area contributed by atoms with Crippen molar-refractivity contribution < 1.29 is 19.3 Å². The van der Waals surface area contributed by atoms with Crippen LogP contribution in [0.15, 0.2) is 35.5 Å². The van der Waals surface area contributed by atoms with Gasteiger partial charge in [-0.2, -0.15) is 0 Å². The van der Waals surface area contributed by atoms with Gasteiger partial charge < -0.3 is 15.5 Å². The number of nitro benzene ring substituents is 1. The topological polar surface area (TPSA) is 125 Å². The first-order valence-electron chi connectivity index (χ1n) is 11.7. The van der Waals surface area contributed by atoms with E-state index in [1.165, 1.54) is 28.0 Å². The Bertz CT molecular complexity index is 1020. The number of nitrogens with zero attached hydrogens (tertiary/aromatic N) is 3. The van der Waals surface area contributed by atoms with E-state index < -0.39 is 17.0 Å². The first-order valence-corrected chi connectivity index (χ1v) is 11.7. The summed E-state index contributed by atoms with van der Waals surface area (Å²) in [5.41, 5.74) is 1.22. The Morgan fingerprint density at radius 2 is 1.94 bits per heavy atom. The molecule has 0 radical (unpaired) electrons. The van der Waals surface area contributed by atoms with E-state index in [0.29, 0.717) is 36.3 Å². The van der Waals surface area contributed by atoms with E-state index in [1.54, 1.807) is 6.07 Å². The predicted molar refractivity (Wildman–Crippen MR) is 127 cm³/mol. The highest BCUT2D eigenvalue weighted by Crippen LogP contribution is 2.38. The fraction of sp³-hybridized carbons (Fsp3) is 0.542. The molecule has 1 aromatic rings. The maximum Gasteiger partial charge on any atom is 0.322 e. The minimum absolute atomic E-state index is 0.125. The molecule has 1 aromatic carbocycles. The number of rotatable bonds is 9. The smallest absolute Gasteiger partial charge is 0.322 e. The number of hydrogen-bond donors (Lipinski definition) is 2. The molecule has 0 bridgehead atoms. The first-order chi connectivity index (χ1) is 16.0. The van der Waals surface area contributed by atoms with Crippen molar-refractivity contribution in [3.05, 3.63) is 51.2 Å². The Kier molecular flexibility index (Phi) is 7.58. The molecular formula is C24H33N5O5. The lowest BCUT2D eigenvalue weighted by molar-refractivity contribution is -0.384. The average molecular weight is 472 g/mol. The monoisotopic (exact) mass is 471 g/mol. The Labute approximate surface area is 199 Å². The lowest BCUT2D eigenvalue weighted by atomic mass is 9.95. The van der Waals surface area contributed by atoms with Crippen LogP contribution in [0.2, 0.25) is 0 Å². The van der Waals surface area contributed by atoms with Gasteiger partial charge in [-0.25, -0.2) is 4.79 Å². The van der Waals surface area contributed by atoms with Crippen molar-refractivity contribution in [2.75, 3.05) is 19.6 Å². The number of carbonyl (C=O) groups excluding carboxylic acids is 3. The zero-order valence-electron chi connectivity index (χ0n) is 20.3. The van der Waals surface area contributed by atoms with Crippen LogP contribution in [0, 0.1) is 22.0 Å². The number of hydrogen-bond acceptors (Lipinski definition) is 5. The Hall–Kier alpha value is -3.43. The summed E-state index contributed by atoms with van der Waals surface area (Å²) in [7, 11) is 0. The summed E-state index contributed by atoms with van der Waals surface area (Å²) in [4.78, 5) is 53.6. The third-order valence-electron chi connectivity index (χ3n) is 6.04. The summed E-state index contributed by atoms with van der Waals surface area (Å²) in [6.45, 7) is 10.8. The van der Waals surface area contributed by atoms with Gasteiger partial charge in [-0.3, -0.25) is 24.6 Å². The number of nitrogens with one attached hydrogen (secondary N) is 2. The van der Waals surface area contributed by atoms with Crippen LogP contribution in [0.25, 0.3) is 0 Å². The molecule has 184 valence electrons. The van der Waals surface area contributed by atoms with Gasteiger partial charge in [0.15, 0.2) is 0 Å². The van der Waals surface area contributed by atoms with E-state index in [2.05, 4.69) is 10.6 Å².